The summed E-state index contributed by atoms with van der Waals surface area (Å²) in [5.74, 6) is 0.0783. The molecule has 2 amide bonds. The van der Waals surface area contributed by atoms with Gasteiger partial charge in [-0.1, -0.05) is 13.8 Å². The fourth-order valence-electron chi connectivity index (χ4n) is 3.61. The number of hydrogen-bond donors (Lipinski definition) is 1. The predicted octanol–water partition coefficient (Wildman–Crippen LogP) is 2.21. The summed E-state index contributed by atoms with van der Waals surface area (Å²) in [5.41, 5.74) is 2.76. The fraction of sp³-hybridized carbons (Fsp3) is 0.579. The maximum atomic E-state index is 12.8. The molecule has 0 unspecified atom stereocenters. The number of carbonyl (C=O) groups is 2. The van der Waals surface area contributed by atoms with E-state index in [1.54, 1.807) is 11.0 Å². The standard InChI is InChI=1S/C19H26N2O3/c1-13(2)18(23)20-7-9-21(10-8-20)19(24)16-11-14-5-3-4-6-15(14)12-17(16)22/h11-13,22H,3-10H2,1-2H3. The van der Waals surface area contributed by atoms with Crippen LogP contribution in [-0.2, 0) is 17.6 Å². The molecule has 0 saturated carbocycles. The van der Waals surface area contributed by atoms with Crippen LogP contribution in [0.25, 0.3) is 0 Å². The van der Waals surface area contributed by atoms with Gasteiger partial charge < -0.3 is 14.9 Å². The Balaban J connectivity index is 1.71. The minimum Gasteiger partial charge on any atom is -0.507 e. The number of amides is 2. The summed E-state index contributed by atoms with van der Waals surface area (Å²) in [6.07, 6.45) is 4.24. The van der Waals surface area contributed by atoms with E-state index in [9.17, 15) is 14.7 Å². The zero-order valence-corrected chi connectivity index (χ0v) is 14.5. The van der Waals surface area contributed by atoms with Gasteiger partial charge in [0.05, 0.1) is 5.56 Å². The molecule has 1 saturated heterocycles. The summed E-state index contributed by atoms with van der Waals surface area (Å²) in [6, 6.07) is 3.64. The number of aryl methyl sites for hydroxylation is 2. The van der Waals surface area contributed by atoms with E-state index in [1.807, 2.05) is 24.8 Å². The molecule has 2 aliphatic rings. The van der Waals surface area contributed by atoms with Crippen molar-refractivity contribution in [3.05, 3.63) is 28.8 Å². The molecule has 3 rings (SSSR count). The molecule has 130 valence electrons. The number of carbonyl (C=O) groups excluding carboxylic acids is 2. The minimum atomic E-state index is -0.127. The second-order valence-corrected chi connectivity index (χ2v) is 7.12. The topological polar surface area (TPSA) is 60.9 Å². The summed E-state index contributed by atoms with van der Waals surface area (Å²) in [5, 5.41) is 10.3. The Bertz CT molecular complexity index is 646. The number of nitrogens with zero attached hydrogens (tertiary/aromatic N) is 2. The number of hydrogen-bond acceptors (Lipinski definition) is 3. The second kappa shape index (κ2) is 6.83. The van der Waals surface area contributed by atoms with Crippen LogP contribution in [0.5, 0.6) is 5.75 Å². The molecule has 1 aromatic carbocycles. The van der Waals surface area contributed by atoms with Crippen molar-refractivity contribution in [3.8, 4) is 5.75 Å². The van der Waals surface area contributed by atoms with Gasteiger partial charge in [-0.15, -0.1) is 0 Å². The molecular formula is C19H26N2O3. The normalized spacial score (nSPS) is 17.8. The number of benzene rings is 1. The Kier molecular flexibility index (Phi) is 4.78. The van der Waals surface area contributed by atoms with Crippen LogP contribution in [0.4, 0.5) is 0 Å². The van der Waals surface area contributed by atoms with Gasteiger partial charge in [-0.05, 0) is 48.9 Å². The Hall–Kier alpha value is -2.04. The molecule has 1 aliphatic carbocycles. The molecule has 0 atom stereocenters. The number of rotatable bonds is 2. The monoisotopic (exact) mass is 330 g/mol. The van der Waals surface area contributed by atoms with E-state index in [4.69, 9.17) is 0 Å². The number of piperazine rings is 1. The molecule has 0 radical (unpaired) electrons. The highest BCUT2D eigenvalue weighted by Crippen LogP contribution is 2.29. The van der Waals surface area contributed by atoms with Gasteiger partial charge in [0.15, 0.2) is 0 Å². The van der Waals surface area contributed by atoms with Crippen molar-refractivity contribution < 1.29 is 14.7 Å². The largest absolute Gasteiger partial charge is 0.507 e. The maximum Gasteiger partial charge on any atom is 0.257 e. The van der Waals surface area contributed by atoms with E-state index in [0.717, 1.165) is 25.7 Å². The highest BCUT2D eigenvalue weighted by atomic mass is 16.3. The minimum absolute atomic E-state index is 0.0167. The SMILES string of the molecule is CC(C)C(=O)N1CCN(C(=O)c2cc3c(cc2O)CCCC3)CC1. The van der Waals surface area contributed by atoms with Gasteiger partial charge in [-0.3, -0.25) is 9.59 Å². The summed E-state index contributed by atoms with van der Waals surface area (Å²) in [6.45, 7) is 5.96. The van der Waals surface area contributed by atoms with Crippen LogP contribution in [-0.4, -0.2) is 52.9 Å². The van der Waals surface area contributed by atoms with Crippen molar-refractivity contribution in [2.75, 3.05) is 26.2 Å². The third-order valence-corrected chi connectivity index (χ3v) is 5.06. The first-order valence-corrected chi connectivity index (χ1v) is 8.90. The molecule has 1 aromatic rings. The van der Waals surface area contributed by atoms with Crippen molar-refractivity contribution in [1.29, 1.82) is 0 Å². The quantitative estimate of drug-likeness (QED) is 0.904. The first kappa shape index (κ1) is 16.8. The number of aromatic hydroxyl groups is 1. The van der Waals surface area contributed by atoms with Crippen molar-refractivity contribution >= 4 is 11.8 Å². The molecule has 1 aliphatic heterocycles. The summed E-state index contributed by atoms with van der Waals surface area (Å²) >= 11 is 0. The van der Waals surface area contributed by atoms with Crippen molar-refractivity contribution in [1.82, 2.24) is 9.80 Å². The van der Waals surface area contributed by atoms with Crippen LogP contribution < -0.4 is 0 Å². The molecular weight excluding hydrogens is 304 g/mol. The van der Waals surface area contributed by atoms with Gasteiger partial charge in [0.25, 0.3) is 5.91 Å². The summed E-state index contributed by atoms with van der Waals surface area (Å²) in [7, 11) is 0. The van der Waals surface area contributed by atoms with Crippen LogP contribution >= 0.6 is 0 Å². The maximum absolute atomic E-state index is 12.8. The van der Waals surface area contributed by atoms with Gasteiger partial charge in [0.2, 0.25) is 5.91 Å². The Morgan fingerprint density at radius 3 is 2.08 bits per heavy atom. The molecule has 0 spiro atoms. The summed E-state index contributed by atoms with van der Waals surface area (Å²) in [4.78, 5) is 28.4. The average Bonchev–Trinajstić information content (AvgIpc) is 2.60. The molecule has 1 heterocycles. The van der Waals surface area contributed by atoms with E-state index in [-0.39, 0.29) is 23.5 Å². The Morgan fingerprint density at radius 1 is 0.958 bits per heavy atom. The van der Waals surface area contributed by atoms with Crippen molar-refractivity contribution in [2.45, 2.75) is 39.5 Å². The second-order valence-electron chi connectivity index (χ2n) is 7.12. The van der Waals surface area contributed by atoms with E-state index in [2.05, 4.69) is 0 Å². The Morgan fingerprint density at radius 2 is 1.50 bits per heavy atom. The molecule has 5 heteroatoms. The summed E-state index contributed by atoms with van der Waals surface area (Å²) < 4.78 is 0. The third kappa shape index (κ3) is 3.25. The molecule has 1 fully saturated rings. The first-order chi connectivity index (χ1) is 11.5. The predicted molar refractivity (Wildman–Crippen MR) is 92.1 cm³/mol. The molecule has 0 bridgehead atoms. The Labute approximate surface area is 143 Å². The van der Waals surface area contributed by atoms with E-state index in [0.29, 0.717) is 31.7 Å². The number of phenols is 1. The number of phenolic OH excluding ortho intramolecular Hbond substituents is 1. The van der Waals surface area contributed by atoms with Gasteiger partial charge >= 0.3 is 0 Å². The van der Waals surface area contributed by atoms with Crippen molar-refractivity contribution in [3.63, 3.8) is 0 Å². The molecule has 24 heavy (non-hydrogen) atoms. The smallest absolute Gasteiger partial charge is 0.257 e. The van der Waals surface area contributed by atoms with E-state index in [1.165, 1.54) is 11.1 Å². The zero-order valence-electron chi connectivity index (χ0n) is 14.5. The highest BCUT2D eigenvalue weighted by molar-refractivity contribution is 5.97. The molecule has 0 aromatic heterocycles. The zero-order chi connectivity index (χ0) is 17.3. The average molecular weight is 330 g/mol. The van der Waals surface area contributed by atoms with Crippen molar-refractivity contribution in [2.24, 2.45) is 5.92 Å². The van der Waals surface area contributed by atoms with Crippen LogP contribution in [0.3, 0.4) is 0 Å². The van der Waals surface area contributed by atoms with Gasteiger partial charge in [-0.2, -0.15) is 0 Å². The lowest BCUT2D eigenvalue weighted by atomic mass is 9.89. The molecule has 1 N–H and O–H groups in total. The van der Waals surface area contributed by atoms with Crippen LogP contribution in [0.15, 0.2) is 12.1 Å². The number of fused-ring (bicyclic) bond motifs is 1. The highest BCUT2D eigenvalue weighted by Gasteiger charge is 2.27. The lowest BCUT2D eigenvalue weighted by Crippen LogP contribution is -2.51. The third-order valence-electron chi connectivity index (χ3n) is 5.06. The fourth-order valence-corrected chi connectivity index (χ4v) is 3.61. The molecule has 5 nitrogen and oxygen atoms in total. The van der Waals surface area contributed by atoms with Crippen LogP contribution in [0.1, 0.15) is 48.2 Å². The lowest BCUT2D eigenvalue weighted by molar-refractivity contribution is -0.135. The van der Waals surface area contributed by atoms with E-state index < -0.39 is 0 Å². The van der Waals surface area contributed by atoms with Gasteiger partial charge in [0.1, 0.15) is 5.75 Å². The van der Waals surface area contributed by atoms with Gasteiger partial charge in [0, 0.05) is 32.1 Å². The first-order valence-electron chi connectivity index (χ1n) is 8.90. The van der Waals surface area contributed by atoms with Gasteiger partial charge in [-0.25, -0.2) is 0 Å². The van der Waals surface area contributed by atoms with Crippen LogP contribution in [0, 0.1) is 5.92 Å². The lowest BCUT2D eigenvalue weighted by Gasteiger charge is -2.35. The van der Waals surface area contributed by atoms with Crippen LogP contribution in [0.2, 0.25) is 0 Å². The van der Waals surface area contributed by atoms with E-state index >= 15 is 0 Å².